The zero-order valence-electron chi connectivity index (χ0n) is 11.6. The van der Waals surface area contributed by atoms with Crippen LogP contribution in [0, 0.1) is 0 Å². The lowest BCUT2D eigenvalue weighted by atomic mass is 10.4. The predicted octanol–water partition coefficient (Wildman–Crippen LogP) is 1.38. The number of esters is 1. The van der Waals surface area contributed by atoms with E-state index in [9.17, 15) is 4.79 Å². The van der Waals surface area contributed by atoms with Gasteiger partial charge in [-0.1, -0.05) is 6.92 Å². The highest BCUT2D eigenvalue weighted by molar-refractivity contribution is 5.69. The van der Waals surface area contributed by atoms with Crippen LogP contribution in [0.2, 0.25) is 0 Å². The molecule has 0 amide bonds. The van der Waals surface area contributed by atoms with Gasteiger partial charge >= 0.3 is 5.97 Å². The minimum atomic E-state index is -0.324. The van der Waals surface area contributed by atoms with Gasteiger partial charge in [-0.05, 0) is 20.8 Å². The second kappa shape index (κ2) is 13.4. The Morgan fingerprint density at radius 2 is 1.82 bits per heavy atom. The van der Waals surface area contributed by atoms with Crippen molar-refractivity contribution in [2.75, 3.05) is 26.9 Å². The summed E-state index contributed by atoms with van der Waals surface area (Å²) < 4.78 is 14.6. The van der Waals surface area contributed by atoms with Gasteiger partial charge in [0.25, 0.3) is 0 Å². The second-order valence-electron chi connectivity index (χ2n) is 3.62. The predicted molar refractivity (Wildman–Crippen MR) is 65.9 cm³/mol. The van der Waals surface area contributed by atoms with E-state index in [1.54, 1.807) is 21.0 Å². The summed E-state index contributed by atoms with van der Waals surface area (Å²) in [5.74, 6) is -0.169. The summed E-state index contributed by atoms with van der Waals surface area (Å²) in [7, 11) is 1.56. The molecule has 5 nitrogen and oxygen atoms in total. The Labute approximate surface area is 104 Å². The van der Waals surface area contributed by atoms with E-state index in [4.69, 9.17) is 14.6 Å². The van der Waals surface area contributed by atoms with Crippen molar-refractivity contribution >= 4 is 5.97 Å². The van der Waals surface area contributed by atoms with E-state index in [-0.39, 0.29) is 18.2 Å². The van der Waals surface area contributed by atoms with Crippen LogP contribution in [0.15, 0.2) is 0 Å². The fraction of sp³-hybridized carbons (Fsp3) is 0.917. The summed E-state index contributed by atoms with van der Waals surface area (Å²) in [6.07, 6.45) is -0.0198. The number of ether oxygens (including phenoxy) is 3. The highest BCUT2D eigenvalue weighted by Gasteiger charge is 2.06. The van der Waals surface area contributed by atoms with Crippen molar-refractivity contribution in [2.45, 2.75) is 46.3 Å². The first-order valence-corrected chi connectivity index (χ1v) is 5.92. The molecular weight excluding hydrogens is 224 g/mol. The van der Waals surface area contributed by atoms with Gasteiger partial charge in [0.1, 0.15) is 6.10 Å². The maximum Gasteiger partial charge on any atom is 0.305 e. The van der Waals surface area contributed by atoms with Gasteiger partial charge in [0.15, 0.2) is 0 Å². The fourth-order valence-electron chi connectivity index (χ4n) is 0.867. The van der Waals surface area contributed by atoms with Crippen LogP contribution in [0.25, 0.3) is 0 Å². The Bertz CT molecular complexity index is 170. The highest BCUT2D eigenvalue weighted by Crippen LogP contribution is 1.94. The van der Waals surface area contributed by atoms with Crippen molar-refractivity contribution in [1.29, 1.82) is 0 Å². The van der Waals surface area contributed by atoms with Crippen molar-refractivity contribution in [3.05, 3.63) is 0 Å². The molecule has 1 N–H and O–H groups in total. The number of aliphatic hydroxyl groups is 1. The van der Waals surface area contributed by atoms with Gasteiger partial charge in [-0.2, -0.15) is 0 Å². The number of rotatable bonds is 7. The molecule has 5 heteroatoms. The van der Waals surface area contributed by atoms with E-state index in [0.29, 0.717) is 26.2 Å². The molecule has 0 bridgehead atoms. The number of hydrogen-bond acceptors (Lipinski definition) is 5. The molecule has 0 aliphatic heterocycles. The molecule has 0 rings (SSSR count). The van der Waals surface area contributed by atoms with E-state index in [1.165, 1.54) is 0 Å². The lowest BCUT2D eigenvalue weighted by molar-refractivity contribution is -0.150. The molecule has 0 aromatic rings. The van der Waals surface area contributed by atoms with E-state index in [0.717, 1.165) is 0 Å². The second-order valence-corrected chi connectivity index (χ2v) is 3.62. The van der Waals surface area contributed by atoms with E-state index < -0.39 is 0 Å². The molecule has 0 fully saturated rings. The van der Waals surface area contributed by atoms with Gasteiger partial charge in [-0.3, -0.25) is 4.79 Å². The molecule has 0 aromatic carbocycles. The molecule has 0 aliphatic rings. The average molecular weight is 250 g/mol. The monoisotopic (exact) mass is 250 g/mol. The van der Waals surface area contributed by atoms with Gasteiger partial charge < -0.3 is 19.3 Å². The average Bonchev–Trinajstić information content (AvgIpc) is 2.26. The molecule has 0 saturated heterocycles. The minimum absolute atomic E-state index is 0.123. The summed E-state index contributed by atoms with van der Waals surface area (Å²) in [6, 6.07) is 0. The molecule has 17 heavy (non-hydrogen) atoms. The van der Waals surface area contributed by atoms with Crippen LogP contribution in [0.1, 0.15) is 34.1 Å². The molecule has 0 saturated carbocycles. The topological polar surface area (TPSA) is 65.0 Å². The highest BCUT2D eigenvalue weighted by atomic mass is 16.6. The summed E-state index contributed by atoms with van der Waals surface area (Å²) in [5, 5.41) is 8.43. The molecule has 104 valence electrons. The summed E-state index contributed by atoms with van der Waals surface area (Å²) >= 11 is 0. The first-order valence-electron chi connectivity index (χ1n) is 5.92. The minimum Gasteiger partial charge on any atom is -0.460 e. The molecular formula is C12H26O5. The fourth-order valence-corrected chi connectivity index (χ4v) is 0.867. The van der Waals surface area contributed by atoms with Crippen LogP contribution in [-0.4, -0.2) is 50.2 Å². The maximum atomic E-state index is 10.7. The molecule has 0 spiro atoms. The Hall–Kier alpha value is -0.650. The quantitative estimate of drug-likeness (QED) is 0.691. The van der Waals surface area contributed by atoms with E-state index in [1.807, 2.05) is 13.8 Å². The van der Waals surface area contributed by atoms with E-state index in [2.05, 4.69) is 4.74 Å². The van der Waals surface area contributed by atoms with Gasteiger partial charge in [0.2, 0.25) is 0 Å². The van der Waals surface area contributed by atoms with Crippen LogP contribution in [-0.2, 0) is 19.0 Å². The molecule has 0 aromatic heterocycles. The molecule has 0 radical (unpaired) electrons. The number of aliphatic hydroxyl groups excluding tert-OH is 1. The smallest absolute Gasteiger partial charge is 0.305 e. The standard InChI is InChI=1S/C8H16O3.C4H10O2/c1-4-8(9)11-7(3)6-10-5-2;1-4(5)3-6-2/h7H,4-6H2,1-3H3;4-5H,3H2,1-2H3. The van der Waals surface area contributed by atoms with Gasteiger partial charge in [-0.15, -0.1) is 0 Å². The summed E-state index contributed by atoms with van der Waals surface area (Å²) in [4.78, 5) is 10.7. The van der Waals surface area contributed by atoms with Crippen LogP contribution in [0.3, 0.4) is 0 Å². The van der Waals surface area contributed by atoms with E-state index >= 15 is 0 Å². The Balaban J connectivity index is 0. The summed E-state index contributed by atoms with van der Waals surface area (Å²) in [5.41, 5.74) is 0. The zero-order chi connectivity index (χ0) is 13.7. The number of carbonyl (C=O) groups excluding carboxylic acids is 1. The van der Waals surface area contributed by atoms with Crippen molar-refractivity contribution in [2.24, 2.45) is 0 Å². The SMILES string of the molecule is CCOCC(C)OC(=O)CC.COCC(C)O. The third kappa shape index (κ3) is 17.9. The van der Waals surface area contributed by atoms with Crippen LogP contribution < -0.4 is 0 Å². The van der Waals surface area contributed by atoms with Crippen LogP contribution >= 0.6 is 0 Å². The number of methoxy groups -OCH3 is 1. The lowest BCUT2D eigenvalue weighted by Gasteiger charge is -2.11. The van der Waals surface area contributed by atoms with Crippen molar-refractivity contribution < 1.29 is 24.1 Å². The lowest BCUT2D eigenvalue weighted by Crippen LogP contribution is -2.19. The molecule has 0 heterocycles. The number of carbonyl (C=O) groups is 1. The summed E-state index contributed by atoms with van der Waals surface area (Å²) in [6.45, 7) is 8.77. The molecule has 2 atom stereocenters. The van der Waals surface area contributed by atoms with Gasteiger partial charge in [0, 0.05) is 20.1 Å². The van der Waals surface area contributed by atoms with Crippen molar-refractivity contribution in [3.8, 4) is 0 Å². The van der Waals surface area contributed by atoms with Gasteiger partial charge in [0.05, 0.1) is 19.3 Å². The van der Waals surface area contributed by atoms with Crippen LogP contribution in [0.5, 0.6) is 0 Å². The van der Waals surface area contributed by atoms with Crippen molar-refractivity contribution in [1.82, 2.24) is 0 Å². The molecule has 2 unspecified atom stereocenters. The maximum absolute atomic E-state index is 10.7. The Morgan fingerprint density at radius 3 is 2.12 bits per heavy atom. The van der Waals surface area contributed by atoms with Crippen LogP contribution in [0.4, 0.5) is 0 Å². The van der Waals surface area contributed by atoms with Gasteiger partial charge in [-0.25, -0.2) is 0 Å². The Kier molecular flexibility index (Phi) is 14.8. The normalized spacial score (nSPS) is 13.3. The van der Waals surface area contributed by atoms with Crippen molar-refractivity contribution in [3.63, 3.8) is 0 Å². The molecule has 0 aliphatic carbocycles. The zero-order valence-corrected chi connectivity index (χ0v) is 11.6. The Morgan fingerprint density at radius 1 is 1.24 bits per heavy atom. The first-order chi connectivity index (χ1) is 7.97. The number of hydrogen-bond donors (Lipinski definition) is 1. The first kappa shape index (κ1) is 18.7. The third-order valence-corrected chi connectivity index (χ3v) is 1.59. The largest absolute Gasteiger partial charge is 0.460 e. The third-order valence-electron chi connectivity index (χ3n) is 1.59.